The van der Waals surface area contributed by atoms with Crippen LogP contribution in [0, 0.1) is 17.7 Å². The second kappa shape index (κ2) is 7.36. The molecule has 0 saturated carbocycles. The highest BCUT2D eigenvalue weighted by atomic mass is 79.9. The summed E-state index contributed by atoms with van der Waals surface area (Å²) in [5.74, 6) is 3.90. The zero-order valence-corrected chi connectivity index (χ0v) is 13.2. The van der Waals surface area contributed by atoms with E-state index in [9.17, 15) is 9.18 Å². The molecule has 108 valence electrons. The van der Waals surface area contributed by atoms with Crippen molar-refractivity contribution in [2.45, 2.75) is 6.54 Å². The number of carbonyl (C=O) groups is 1. The number of hydrogen-bond donors (Lipinski definition) is 2. The Morgan fingerprint density at radius 2 is 2.24 bits per heavy atom. The van der Waals surface area contributed by atoms with E-state index in [0.717, 1.165) is 9.35 Å². The molecule has 3 nitrogen and oxygen atoms in total. The van der Waals surface area contributed by atoms with Gasteiger partial charge in [0.05, 0.1) is 12.1 Å². The minimum absolute atomic E-state index is 0.0276. The molecule has 0 unspecified atom stereocenters. The van der Waals surface area contributed by atoms with Gasteiger partial charge in [-0.3, -0.25) is 4.79 Å². The Morgan fingerprint density at radius 3 is 2.86 bits per heavy atom. The Labute approximate surface area is 133 Å². The Kier molecular flexibility index (Phi) is 5.51. The van der Waals surface area contributed by atoms with E-state index in [1.807, 2.05) is 11.4 Å². The Morgan fingerprint density at radius 1 is 1.43 bits per heavy atom. The summed E-state index contributed by atoms with van der Waals surface area (Å²) in [5.41, 5.74) is 0.389. The second-order valence-electron chi connectivity index (χ2n) is 4.07. The number of aliphatic hydroxyl groups is 1. The normalized spacial score (nSPS) is 9.86. The molecule has 0 saturated heterocycles. The van der Waals surface area contributed by atoms with Crippen molar-refractivity contribution in [2.24, 2.45) is 0 Å². The second-order valence-corrected chi connectivity index (χ2v) is 5.98. The number of amides is 1. The first-order valence-corrected chi connectivity index (χ1v) is 7.68. The van der Waals surface area contributed by atoms with Crippen LogP contribution in [-0.4, -0.2) is 17.6 Å². The third-order valence-corrected chi connectivity index (χ3v) is 4.27. The molecule has 2 rings (SSSR count). The van der Waals surface area contributed by atoms with E-state index in [4.69, 9.17) is 5.11 Å². The van der Waals surface area contributed by atoms with Crippen LogP contribution in [0.1, 0.15) is 20.8 Å². The Balaban J connectivity index is 2.05. The number of hydrogen-bond acceptors (Lipinski definition) is 3. The lowest BCUT2D eigenvalue weighted by Gasteiger charge is -2.05. The molecule has 2 aromatic rings. The number of rotatable bonds is 3. The van der Waals surface area contributed by atoms with E-state index in [1.54, 1.807) is 6.07 Å². The van der Waals surface area contributed by atoms with Gasteiger partial charge in [-0.1, -0.05) is 11.8 Å². The van der Waals surface area contributed by atoms with E-state index in [-0.39, 0.29) is 12.2 Å². The summed E-state index contributed by atoms with van der Waals surface area (Å²) in [6.07, 6.45) is 0. The summed E-state index contributed by atoms with van der Waals surface area (Å²) in [6, 6.07) is 6.01. The van der Waals surface area contributed by atoms with E-state index in [1.165, 1.54) is 23.5 Å². The first-order valence-electron chi connectivity index (χ1n) is 6.00. The number of halogens is 2. The summed E-state index contributed by atoms with van der Waals surface area (Å²) in [5, 5.41) is 13.2. The van der Waals surface area contributed by atoms with Crippen molar-refractivity contribution in [3.8, 4) is 11.8 Å². The van der Waals surface area contributed by atoms with Gasteiger partial charge in [0.25, 0.3) is 5.91 Å². The molecule has 1 heterocycles. The molecule has 0 spiro atoms. The fourth-order valence-corrected chi connectivity index (χ4v) is 3.02. The van der Waals surface area contributed by atoms with Crippen LogP contribution in [-0.2, 0) is 6.54 Å². The minimum Gasteiger partial charge on any atom is -0.384 e. The van der Waals surface area contributed by atoms with Gasteiger partial charge < -0.3 is 10.4 Å². The molecule has 1 aromatic heterocycles. The van der Waals surface area contributed by atoms with Crippen LogP contribution in [0.25, 0.3) is 0 Å². The van der Waals surface area contributed by atoms with Gasteiger partial charge in [-0.25, -0.2) is 4.39 Å². The highest BCUT2D eigenvalue weighted by Gasteiger charge is 2.12. The summed E-state index contributed by atoms with van der Waals surface area (Å²) in [4.78, 5) is 12.9. The number of carbonyl (C=O) groups excluding carboxylic acids is 1. The largest absolute Gasteiger partial charge is 0.384 e. The predicted molar refractivity (Wildman–Crippen MR) is 83.6 cm³/mol. The summed E-state index contributed by atoms with van der Waals surface area (Å²) in [7, 11) is 0. The third-order valence-electron chi connectivity index (χ3n) is 2.57. The standard InChI is InChI=1S/C15H11BrFNO2S/c16-11-7-12(21-9-11)8-18-15(20)13-4-3-10(2-1-5-19)6-14(13)17/h3-4,6-7,9,19H,5,8H2,(H,18,20). The smallest absolute Gasteiger partial charge is 0.254 e. The van der Waals surface area contributed by atoms with Crippen LogP contribution in [0.5, 0.6) is 0 Å². The van der Waals surface area contributed by atoms with Gasteiger partial charge in [0.1, 0.15) is 12.4 Å². The molecule has 0 aliphatic heterocycles. The average Bonchev–Trinajstić information content (AvgIpc) is 2.88. The molecule has 0 aliphatic carbocycles. The highest BCUT2D eigenvalue weighted by molar-refractivity contribution is 9.10. The lowest BCUT2D eigenvalue weighted by molar-refractivity contribution is 0.0947. The van der Waals surface area contributed by atoms with Gasteiger partial charge in [-0.05, 0) is 40.2 Å². The van der Waals surface area contributed by atoms with Crippen molar-refractivity contribution >= 4 is 33.2 Å². The maximum atomic E-state index is 13.9. The molecule has 1 aromatic carbocycles. The van der Waals surface area contributed by atoms with E-state index in [0.29, 0.717) is 12.1 Å². The van der Waals surface area contributed by atoms with Crippen LogP contribution >= 0.6 is 27.3 Å². The molecular weight excluding hydrogens is 357 g/mol. The SMILES string of the molecule is O=C(NCc1cc(Br)cs1)c1ccc(C#CCO)cc1F. The molecule has 6 heteroatoms. The van der Waals surface area contributed by atoms with Crippen LogP contribution in [0.15, 0.2) is 34.1 Å². The van der Waals surface area contributed by atoms with Gasteiger partial charge in [0, 0.05) is 20.3 Å². The Bertz CT molecular complexity index is 718. The first kappa shape index (κ1) is 15.7. The fourth-order valence-electron chi connectivity index (χ4n) is 1.63. The molecular formula is C15H11BrFNO2S. The third kappa shape index (κ3) is 4.39. The molecule has 2 N–H and O–H groups in total. The van der Waals surface area contributed by atoms with Crippen molar-refractivity contribution in [1.82, 2.24) is 5.32 Å². The maximum Gasteiger partial charge on any atom is 0.254 e. The number of benzene rings is 1. The predicted octanol–water partition coefficient (Wildman–Crippen LogP) is 2.92. The minimum atomic E-state index is -0.635. The number of nitrogens with one attached hydrogen (secondary N) is 1. The zero-order valence-electron chi connectivity index (χ0n) is 10.8. The summed E-state index contributed by atoms with van der Waals surface area (Å²) in [6.45, 7) is 0.0564. The van der Waals surface area contributed by atoms with E-state index >= 15 is 0 Å². The first-order chi connectivity index (χ1) is 10.1. The summed E-state index contributed by atoms with van der Waals surface area (Å²) >= 11 is 4.84. The maximum absolute atomic E-state index is 13.9. The van der Waals surface area contributed by atoms with Crippen molar-refractivity contribution in [3.63, 3.8) is 0 Å². The van der Waals surface area contributed by atoms with Crippen LogP contribution < -0.4 is 5.32 Å². The molecule has 0 atom stereocenters. The van der Waals surface area contributed by atoms with Crippen LogP contribution in [0.3, 0.4) is 0 Å². The van der Waals surface area contributed by atoms with Gasteiger partial charge in [0.2, 0.25) is 0 Å². The topological polar surface area (TPSA) is 49.3 Å². The zero-order chi connectivity index (χ0) is 15.2. The fraction of sp³-hybridized carbons (Fsp3) is 0.133. The molecule has 0 aliphatic rings. The lowest BCUT2D eigenvalue weighted by Crippen LogP contribution is -2.23. The molecule has 0 bridgehead atoms. The van der Waals surface area contributed by atoms with E-state index in [2.05, 4.69) is 33.1 Å². The van der Waals surface area contributed by atoms with Crippen LogP contribution in [0.2, 0.25) is 0 Å². The van der Waals surface area contributed by atoms with Crippen molar-refractivity contribution in [1.29, 1.82) is 0 Å². The van der Waals surface area contributed by atoms with Crippen molar-refractivity contribution in [3.05, 3.63) is 55.9 Å². The van der Waals surface area contributed by atoms with Gasteiger partial charge in [-0.2, -0.15) is 0 Å². The van der Waals surface area contributed by atoms with Gasteiger partial charge in [-0.15, -0.1) is 11.3 Å². The molecule has 1 amide bonds. The molecule has 0 radical (unpaired) electrons. The number of thiophene rings is 1. The van der Waals surface area contributed by atoms with Crippen molar-refractivity contribution in [2.75, 3.05) is 6.61 Å². The van der Waals surface area contributed by atoms with Crippen molar-refractivity contribution < 1.29 is 14.3 Å². The number of aliphatic hydroxyl groups excluding tert-OH is 1. The average molecular weight is 368 g/mol. The lowest BCUT2D eigenvalue weighted by atomic mass is 10.1. The summed E-state index contributed by atoms with van der Waals surface area (Å²) < 4.78 is 14.8. The van der Waals surface area contributed by atoms with Gasteiger partial charge in [0.15, 0.2) is 0 Å². The monoisotopic (exact) mass is 367 g/mol. The van der Waals surface area contributed by atoms with Crippen LogP contribution in [0.4, 0.5) is 4.39 Å². The quantitative estimate of drug-likeness (QED) is 0.819. The van der Waals surface area contributed by atoms with E-state index < -0.39 is 11.7 Å². The molecule has 21 heavy (non-hydrogen) atoms. The highest BCUT2D eigenvalue weighted by Crippen LogP contribution is 2.19. The van der Waals surface area contributed by atoms with Gasteiger partial charge >= 0.3 is 0 Å². The molecule has 0 fully saturated rings. The Hall–Kier alpha value is -1.68.